The van der Waals surface area contributed by atoms with E-state index in [2.05, 4.69) is 6.07 Å². The van der Waals surface area contributed by atoms with Crippen molar-refractivity contribution in [2.45, 2.75) is 25.7 Å². The first-order valence-corrected chi connectivity index (χ1v) is 4.76. The maximum Gasteiger partial charge on any atom is 0.172 e. The van der Waals surface area contributed by atoms with Gasteiger partial charge in [-0.1, -0.05) is 30.3 Å². The van der Waals surface area contributed by atoms with E-state index in [0.717, 1.165) is 5.56 Å². The molecule has 0 N–H and O–H groups in total. The van der Waals surface area contributed by atoms with Crippen LogP contribution >= 0.6 is 0 Å². The van der Waals surface area contributed by atoms with E-state index >= 15 is 0 Å². The lowest BCUT2D eigenvalue weighted by atomic mass is 10.1. The van der Waals surface area contributed by atoms with Gasteiger partial charge in [-0.05, 0) is 19.4 Å². The third-order valence-electron chi connectivity index (χ3n) is 2.11. The van der Waals surface area contributed by atoms with Crippen LogP contribution in [0.15, 0.2) is 30.3 Å². The van der Waals surface area contributed by atoms with Gasteiger partial charge in [-0.25, -0.2) is 0 Å². The number of hydrogen-bond donors (Lipinski definition) is 0. The van der Waals surface area contributed by atoms with Crippen LogP contribution in [0, 0.1) is 11.3 Å². The lowest BCUT2D eigenvalue weighted by molar-refractivity contribution is -0.213. The van der Waals surface area contributed by atoms with Crippen molar-refractivity contribution in [1.29, 1.82) is 5.26 Å². The minimum absolute atomic E-state index is 0.596. The summed E-state index contributed by atoms with van der Waals surface area (Å²) in [7, 11) is 1.55. The van der Waals surface area contributed by atoms with E-state index in [4.69, 9.17) is 14.7 Å². The topological polar surface area (TPSA) is 42.2 Å². The van der Waals surface area contributed by atoms with Crippen molar-refractivity contribution in [3.8, 4) is 6.07 Å². The standard InChI is InChI=1S/C12H15NO2/c1-12(2,14-3)15-11(9-13)10-7-5-4-6-8-10/h4-8,11H,1-3H3/t11-/m0/s1. The average molecular weight is 205 g/mol. The normalized spacial score (nSPS) is 13.2. The molecule has 1 rings (SSSR count). The molecule has 0 fully saturated rings. The van der Waals surface area contributed by atoms with Crippen LogP contribution in [-0.4, -0.2) is 12.9 Å². The summed E-state index contributed by atoms with van der Waals surface area (Å²) in [6, 6.07) is 11.5. The molecule has 1 aromatic rings. The van der Waals surface area contributed by atoms with E-state index in [1.54, 1.807) is 21.0 Å². The molecule has 1 aromatic carbocycles. The van der Waals surface area contributed by atoms with Crippen molar-refractivity contribution in [3.05, 3.63) is 35.9 Å². The highest BCUT2D eigenvalue weighted by atomic mass is 16.7. The highest BCUT2D eigenvalue weighted by molar-refractivity contribution is 5.22. The van der Waals surface area contributed by atoms with E-state index in [-0.39, 0.29) is 0 Å². The Morgan fingerprint density at radius 3 is 2.33 bits per heavy atom. The summed E-state index contributed by atoms with van der Waals surface area (Å²) < 4.78 is 10.7. The van der Waals surface area contributed by atoms with E-state index in [0.29, 0.717) is 0 Å². The van der Waals surface area contributed by atoms with Crippen molar-refractivity contribution in [1.82, 2.24) is 0 Å². The molecule has 3 heteroatoms. The van der Waals surface area contributed by atoms with Gasteiger partial charge in [-0.3, -0.25) is 0 Å². The van der Waals surface area contributed by atoms with E-state index < -0.39 is 11.9 Å². The molecule has 1 atom stereocenters. The highest BCUT2D eigenvalue weighted by Gasteiger charge is 2.23. The Morgan fingerprint density at radius 1 is 1.27 bits per heavy atom. The Balaban J connectivity index is 2.79. The molecule has 0 saturated carbocycles. The summed E-state index contributed by atoms with van der Waals surface area (Å²) >= 11 is 0. The number of nitriles is 1. The third kappa shape index (κ3) is 3.35. The van der Waals surface area contributed by atoms with Crippen LogP contribution in [0.4, 0.5) is 0 Å². The van der Waals surface area contributed by atoms with E-state index in [1.165, 1.54) is 0 Å². The Hall–Kier alpha value is -1.37. The van der Waals surface area contributed by atoms with Gasteiger partial charge in [0.1, 0.15) is 0 Å². The molecule has 0 bridgehead atoms. The first-order chi connectivity index (χ1) is 7.09. The maximum atomic E-state index is 9.01. The minimum atomic E-state index is -0.754. The number of rotatable bonds is 4. The summed E-state index contributed by atoms with van der Waals surface area (Å²) in [4.78, 5) is 0. The number of hydrogen-bond acceptors (Lipinski definition) is 3. The Morgan fingerprint density at radius 2 is 1.87 bits per heavy atom. The molecular weight excluding hydrogens is 190 g/mol. The number of nitrogens with zero attached hydrogens (tertiary/aromatic N) is 1. The van der Waals surface area contributed by atoms with Gasteiger partial charge >= 0.3 is 0 Å². The molecule has 0 aliphatic carbocycles. The molecule has 0 aliphatic heterocycles. The summed E-state index contributed by atoms with van der Waals surface area (Å²) in [5.41, 5.74) is 0.838. The maximum absolute atomic E-state index is 9.01. The van der Waals surface area contributed by atoms with Gasteiger partial charge in [0.15, 0.2) is 11.9 Å². The molecule has 0 amide bonds. The Bertz CT molecular complexity index is 340. The van der Waals surface area contributed by atoms with Gasteiger partial charge < -0.3 is 9.47 Å². The second kappa shape index (κ2) is 4.92. The van der Waals surface area contributed by atoms with Crippen molar-refractivity contribution in [2.75, 3.05) is 7.11 Å². The van der Waals surface area contributed by atoms with Crippen LogP contribution in [0.3, 0.4) is 0 Å². The van der Waals surface area contributed by atoms with Gasteiger partial charge in [0, 0.05) is 7.11 Å². The fourth-order valence-corrected chi connectivity index (χ4v) is 1.13. The van der Waals surface area contributed by atoms with Crippen molar-refractivity contribution < 1.29 is 9.47 Å². The SMILES string of the molecule is COC(C)(C)O[C@@H](C#N)c1ccccc1. The van der Waals surface area contributed by atoms with Crippen molar-refractivity contribution in [3.63, 3.8) is 0 Å². The van der Waals surface area contributed by atoms with Crippen LogP contribution in [0.5, 0.6) is 0 Å². The molecule has 0 aliphatic rings. The number of benzene rings is 1. The van der Waals surface area contributed by atoms with Gasteiger partial charge in [0.2, 0.25) is 0 Å². The largest absolute Gasteiger partial charge is 0.354 e. The first-order valence-electron chi connectivity index (χ1n) is 4.76. The highest BCUT2D eigenvalue weighted by Crippen LogP contribution is 2.23. The van der Waals surface area contributed by atoms with Crippen molar-refractivity contribution >= 4 is 0 Å². The molecule has 0 radical (unpaired) electrons. The Kier molecular flexibility index (Phi) is 3.84. The van der Waals surface area contributed by atoms with Crippen LogP contribution in [0.1, 0.15) is 25.5 Å². The minimum Gasteiger partial charge on any atom is -0.354 e. The monoisotopic (exact) mass is 205 g/mol. The average Bonchev–Trinajstić information content (AvgIpc) is 2.27. The molecule has 3 nitrogen and oxygen atoms in total. The van der Waals surface area contributed by atoms with E-state index in [9.17, 15) is 0 Å². The summed E-state index contributed by atoms with van der Waals surface area (Å²) in [5, 5.41) is 9.01. The predicted octanol–water partition coefficient (Wildman–Crippen LogP) is 2.65. The molecule has 0 aromatic heterocycles. The zero-order chi connectivity index (χ0) is 11.3. The number of ether oxygens (including phenoxy) is 2. The quantitative estimate of drug-likeness (QED) is 0.709. The molecule has 0 unspecified atom stereocenters. The smallest absolute Gasteiger partial charge is 0.172 e. The van der Waals surface area contributed by atoms with E-state index in [1.807, 2.05) is 30.3 Å². The van der Waals surface area contributed by atoms with Crippen LogP contribution in [-0.2, 0) is 9.47 Å². The second-order valence-corrected chi connectivity index (χ2v) is 3.64. The Labute approximate surface area is 90.2 Å². The predicted molar refractivity (Wildman–Crippen MR) is 57.0 cm³/mol. The van der Waals surface area contributed by atoms with Crippen LogP contribution in [0.25, 0.3) is 0 Å². The van der Waals surface area contributed by atoms with Crippen LogP contribution in [0.2, 0.25) is 0 Å². The summed E-state index contributed by atoms with van der Waals surface area (Å²) in [6.07, 6.45) is -0.596. The molecule has 0 saturated heterocycles. The second-order valence-electron chi connectivity index (χ2n) is 3.64. The molecular formula is C12H15NO2. The third-order valence-corrected chi connectivity index (χ3v) is 2.11. The molecule has 0 heterocycles. The molecule has 0 spiro atoms. The van der Waals surface area contributed by atoms with Gasteiger partial charge in [-0.15, -0.1) is 0 Å². The molecule has 80 valence electrons. The van der Waals surface area contributed by atoms with Gasteiger partial charge in [0.05, 0.1) is 6.07 Å². The lowest BCUT2D eigenvalue weighted by Gasteiger charge is -2.26. The van der Waals surface area contributed by atoms with Gasteiger partial charge in [0.25, 0.3) is 0 Å². The lowest BCUT2D eigenvalue weighted by Crippen LogP contribution is -2.28. The molecule has 15 heavy (non-hydrogen) atoms. The fraction of sp³-hybridized carbons (Fsp3) is 0.417. The first kappa shape index (κ1) is 11.7. The van der Waals surface area contributed by atoms with Gasteiger partial charge in [-0.2, -0.15) is 5.26 Å². The van der Waals surface area contributed by atoms with Crippen LogP contribution < -0.4 is 0 Å². The zero-order valence-corrected chi connectivity index (χ0v) is 9.23. The summed E-state index contributed by atoms with van der Waals surface area (Å²) in [5.74, 6) is -0.754. The summed E-state index contributed by atoms with van der Waals surface area (Å²) in [6.45, 7) is 3.56. The zero-order valence-electron chi connectivity index (χ0n) is 9.23. The van der Waals surface area contributed by atoms with Crippen molar-refractivity contribution in [2.24, 2.45) is 0 Å². The number of methoxy groups -OCH3 is 1. The fourth-order valence-electron chi connectivity index (χ4n) is 1.13.